The molecule has 0 fully saturated rings. The van der Waals surface area contributed by atoms with Crippen LogP contribution in [0.2, 0.25) is 5.02 Å². The van der Waals surface area contributed by atoms with Crippen molar-refractivity contribution in [2.45, 2.75) is 0 Å². The van der Waals surface area contributed by atoms with Gasteiger partial charge in [-0.1, -0.05) is 11.6 Å². The van der Waals surface area contributed by atoms with Gasteiger partial charge in [-0.25, -0.2) is 13.8 Å². The van der Waals surface area contributed by atoms with Gasteiger partial charge in [0, 0.05) is 18.2 Å². The second kappa shape index (κ2) is 4.50. The zero-order chi connectivity index (χ0) is 12.4. The Balaban J connectivity index is 2.38. The first-order chi connectivity index (χ1) is 8.06. The summed E-state index contributed by atoms with van der Waals surface area (Å²) < 4.78 is 30.7. The summed E-state index contributed by atoms with van der Waals surface area (Å²) in [7, 11) is 0. The lowest BCUT2D eigenvalue weighted by atomic mass is 10.3. The minimum Gasteiger partial charge on any atom is -0.437 e. The molecule has 17 heavy (non-hydrogen) atoms. The number of hydrogen-bond donors (Lipinski definition) is 1. The van der Waals surface area contributed by atoms with Crippen molar-refractivity contribution in [1.82, 2.24) is 9.97 Å². The lowest BCUT2D eigenvalue weighted by Gasteiger charge is -2.05. The number of nitrogens with zero attached hydrogens (tertiary/aromatic N) is 1. The molecule has 0 bridgehead atoms. The second-order valence-electron chi connectivity index (χ2n) is 3.06. The monoisotopic (exact) mass is 258 g/mol. The highest BCUT2D eigenvalue weighted by Gasteiger charge is 2.09. The van der Waals surface area contributed by atoms with Crippen LogP contribution in [0.5, 0.6) is 11.6 Å². The normalized spacial score (nSPS) is 10.3. The molecule has 0 aliphatic heterocycles. The smallest absolute Gasteiger partial charge is 0.273 e. The molecule has 1 N–H and O–H groups in total. The van der Waals surface area contributed by atoms with Gasteiger partial charge in [0.25, 0.3) is 5.56 Å². The van der Waals surface area contributed by atoms with Crippen LogP contribution in [0.15, 0.2) is 29.3 Å². The van der Waals surface area contributed by atoms with Crippen LogP contribution >= 0.6 is 11.6 Å². The molecular weight excluding hydrogens is 254 g/mol. The van der Waals surface area contributed by atoms with E-state index >= 15 is 0 Å². The third-order valence-electron chi connectivity index (χ3n) is 1.82. The van der Waals surface area contributed by atoms with E-state index in [1.807, 2.05) is 0 Å². The number of aromatic nitrogens is 2. The molecule has 2 aromatic rings. The van der Waals surface area contributed by atoms with Crippen LogP contribution in [0.25, 0.3) is 0 Å². The SMILES string of the molecule is O=c1[nH]cnc(Oc2cc(F)cc(F)c2)c1Cl. The molecule has 0 spiro atoms. The third-order valence-corrected chi connectivity index (χ3v) is 2.15. The van der Waals surface area contributed by atoms with Crippen molar-refractivity contribution >= 4 is 11.6 Å². The summed E-state index contributed by atoms with van der Waals surface area (Å²) in [5.41, 5.74) is -0.603. The maximum absolute atomic E-state index is 12.9. The number of hydrogen-bond acceptors (Lipinski definition) is 3. The Labute approximate surface area is 98.8 Å². The number of rotatable bonds is 2. The second-order valence-corrected chi connectivity index (χ2v) is 3.44. The van der Waals surface area contributed by atoms with Gasteiger partial charge in [-0.3, -0.25) is 4.79 Å². The van der Waals surface area contributed by atoms with E-state index in [2.05, 4.69) is 9.97 Å². The van der Waals surface area contributed by atoms with E-state index in [9.17, 15) is 13.6 Å². The molecule has 4 nitrogen and oxygen atoms in total. The van der Waals surface area contributed by atoms with E-state index in [1.54, 1.807) is 0 Å². The van der Waals surface area contributed by atoms with E-state index in [4.69, 9.17) is 16.3 Å². The molecule has 0 amide bonds. The molecule has 0 aliphatic carbocycles. The van der Waals surface area contributed by atoms with Gasteiger partial charge < -0.3 is 9.72 Å². The Kier molecular flexibility index (Phi) is 3.06. The topological polar surface area (TPSA) is 55.0 Å². The Morgan fingerprint density at radius 3 is 2.53 bits per heavy atom. The van der Waals surface area contributed by atoms with Crippen molar-refractivity contribution < 1.29 is 13.5 Å². The number of benzene rings is 1. The van der Waals surface area contributed by atoms with Gasteiger partial charge >= 0.3 is 0 Å². The van der Waals surface area contributed by atoms with Crippen molar-refractivity contribution in [2.24, 2.45) is 0 Å². The van der Waals surface area contributed by atoms with Gasteiger partial charge in [0.15, 0.2) is 5.02 Å². The Morgan fingerprint density at radius 1 is 1.24 bits per heavy atom. The zero-order valence-electron chi connectivity index (χ0n) is 8.21. The predicted octanol–water partition coefficient (Wildman–Crippen LogP) is 2.49. The fraction of sp³-hybridized carbons (Fsp3) is 0. The average molecular weight is 259 g/mol. The summed E-state index contributed by atoms with van der Waals surface area (Å²) in [4.78, 5) is 17.0. The van der Waals surface area contributed by atoms with Crippen molar-refractivity contribution in [3.05, 3.63) is 51.5 Å². The summed E-state index contributed by atoms with van der Waals surface area (Å²) in [6, 6.07) is 2.59. The zero-order valence-corrected chi connectivity index (χ0v) is 8.96. The average Bonchev–Trinajstić information content (AvgIpc) is 2.23. The highest BCUT2D eigenvalue weighted by atomic mass is 35.5. The van der Waals surface area contributed by atoms with Gasteiger partial charge in [0.2, 0.25) is 5.88 Å². The molecule has 0 saturated carbocycles. The molecule has 88 valence electrons. The van der Waals surface area contributed by atoms with E-state index in [0.717, 1.165) is 18.5 Å². The van der Waals surface area contributed by atoms with Crippen LogP contribution in [-0.4, -0.2) is 9.97 Å². The molecule has 0 unspecified atom stereocenters. The van der Waals surface area contributed by atoms with Gasteiger partial charge in [0.1, 0.15) is 17.4 Å². The highest BCUT2D eigenvalue weighted by molar-refractivity contribution is 6.31. The summed E-state index contributed by atoms with van der Waals surface area (Å²) in [5.74, 6) is -1.97. The first-order valence-corrected chi connectivity index (χ1v) is 4.81. The van der Waals surface area contributed by atoms with E-state index in [0.29, 0.717) is 6.07 Å². The first-order valence-electron chi connectivity index (χ1n) is 4.43. The standard InChI is InChI=1S/C10H5ClF2N2O2/c11-8-9(16)14-4-15-10(8)17-7-2-5(12)1-6(13)3-7/h1-4H,(H,14,15,16). The molecule has 7 heteroatoms. The van der Waals surface area contributed by atoms with E-state index in [1.165, 1.54) is 0 Å². The number of nitrogens with one attached hydrogen (secondary N) is 1. The molecule has 1 aromatic heterocycles. The molecule has 1 heterocycles. The van der Waals surface area contributed by atoms with Gasteiger partial charge in [-0.2, -0.15) is 0 Å². The Bertz CT molecular complexity index is 595. The lowest BCUT2D eigenvalue weighted by Crippen LogP contribution is -2.07. The number of aromatic amines is 1. The van der Waals surface area contributed by atoms with Crippen molar-refractivity contribution in [1.29, 1.82) is 0 Å². The lowest BCUT2D eigenvalue weighted by molar-refractivity contribution is 0.449. The minimum atomic E-state index is -0.805. The largest absolute Gasteiger partial charge is 0.437 e. The van der Waals surface area contributed by atoms with Crippen LogP contribution < -0.4 is 10.3 Å². The molecular formula is C10H5ClF2N2O2. The summed E-state index contributed by atoms with van der Waals surface area (Å²) in [6.45, 7) is 0. The predicted molar refractivity (Wildman–Crippen MR) is 56.3 cm³/mol. The molecule has 2 rings (SSSR count). The summed E-state index contributed by atoms with van der Waals surface area (Å²) in [5, 5.41) is -0.294. The Hall–Kier alpha value is -1.95. The van der Waals surface area contributed by atoms with Crippen molar-refractivity contribution in [3.8, 4) is 11.6 Å². The van der Waals surface area contributed by atoms with Crippen molar-refractivity contribution in [2.75, 3.05) is 0 Å². The first kappa shape index (κ1) is 11.5. The van der Waals surface area contributed by atoms with Crippen LogP contribution in [0, 0.1) is 11.6 Å². The minimum absolute atomic E-state index is 0.137. The van der Waals surface area contributed by atoms with Gasteiger partial charge in [0.05, 0.1) is 6.33 Å². The van der Waals surface area contributed by atoms with Crippen LogP contribution in [0.1, 0.15) is 0 Å². The molecule has 0 radical (unpaired) electrons. The van der Waals surface area contributed by atoms with Gasteiger partial charge in [-0.05, 0) is 0 Å². The van der Waals surface area contributed by atoms with Gasteiger partial charge in [-0.15, -0.1) is 0 Å². The molecule has 1 aromatic carbocycles. The number of H-pyrrole nitrogens is 1. The molecule has 0 atom stereocenters. The van der Waals surface area contributed by atoms with E-state index in [-0.39, 0.29) is 16.7 Å². The fourth-order valence-electron chi connectivity index (χ4n) is 1.14. The van der Waals surface area contributed by atoms with Crippen LogP contribution in [0.3, 0.4) is 0 Å². The maximum atomic E-state index is 12.9. The quantitative estimate of drug-likeness (QED) is 0.900. The van der Waals surface area contributed by atoms with Crippen LogP contribution in [0.4, 0.5) is 8.78 Å². The Morgan fingerprint density at radius 2 is 1.88 bits per heavy atom. The van der Waals surface area contributed by atoms with E-state index < -0.39 is 17.2 Å². The summed E-state index contributed by atoms with van der Waals surface area (Å²) in [6.07, 6.45) is 1.07. The fourth-order valence-corrected chi connectivity index (χ4v) is 1.28. The number of ether oxygens (including phenoxy) is 1. The number of halogens is 3. The highest BCUT2D eigenvalue weighted by Crippen LogP contribution is 2.24. The third kappa shape index (κ3) is 2.59. The molecule has 0 aliphatic rings. The van der Waals surface area contributed by atoms with Crippen molar-refractivity contribution in [3.63, 3.8) is 0 Å². The summed E-state index contributed by atoms with van der Waals surface area (Å²) >= 11 is 5.60. The molecule has 0 saturated heterocycles. The maximum Gasteiger partial charge on any atom is 0.273 e. The van der Waals surface area contributed by atoms with Crippen LogP contribution in [-0.2, 0) is 0 Å².